The number of amides is 1. The maximum absolute atomic E-state index is 11.8. The van der Waals surface area contributed by atoms with Gasteiger partial charge < -0.3 is 10.4 Å². The highest BCUT2D eigenvalue weighted by molar-refractivity contribution is 5.93. The second-order valence-electron chi connectivity index (χ2n) is 5.50. The van der Waals surface area contributed by atoms with E-state index in [1.807, 2.05) is 27.7 Å². The van der Waals surface area contributed by atoms with Crippen LogP contribution in [0.25, 0.3) is 0 Å². The lowest BCUT2D eigenvalue weighted by Gasteiger charge is -2.18. The molecule has 2 N–H and O–H groups in total. The van der Waals surface area contributed by atoms with Crippen molar-refractivity contribution in [3.8, 4) is 0 Å². The Bertz CT molecular complexity index is 393. The predicted molar refractivity (Wildman–Crippen MR) is 70.5 cm³/mol. The highest BCUT2D eigenvalue weighted by atomic mass is 16.3. The summed E-state index contributed by atoms with van der Waals surface area (Å²) < 4.78 is 1.75. The van der Waals surface area contributed by atoms with E-state index in [-0.39, 0.29) is 18.0 Å². The minimum atomic E-state index is -0.475. The van der Waals surface area contributed by atoms with Crippen LogP contribution in [-0.2, 0) is 5.54 Å². The molecular weight excluding hydrogens is 230 g/mol. The van der Waals surface area contributed by atoms with E-state index in [0.717, 1.165) is 6.42 Å². The normalized spacial score (nSPS) is 13.4. The quantitative estimate of drug-likeness (QED) is 0.836. The zero-order chi connectivity index (χ0) is 13.8. The zero-order valence-corrected chi connectivity index (χ0v) is 11.6. The standard InChI is InChI=1S/C13H23N3O2/c1-5-6-11(17)8-14-12(18)10-7-15-16(9-10)13(2,3)4/h7,9,11,17H,5-6,8H2,1-4H3,(H,14,18). The molecule has 1 heterocycles. The fourth-order valence-corrected chi connectivity index (χ4v) is 1.55. The van der Waals surface area contributed by atoms with Crippen LogP contribution in [0.15, 0.2) is 12.4 Å². The number of hydrogen-bond acceptors (Lipinski definition) is 3. The Morgan fingerprint density at radius 1 is 1.56 bits per heavy atom. The Balaban J connectivity index is 2.55. The van der Waals surface area contributed by atoms with Gasteiger partial charge in [0.1, 0.15) is 0 Å². The number of carbonyl (C=O) groups excluding carboxylic acids is 1. The second-order valence-corrected chi connectivity index (χ2v) is 5.50. The first-order valence-electron chi connectivity index (χ1n) is 6.36. The van der Waals surface area contributed by atoms with Crippen molar-refractivity contribution in [1.29, 1.82) is 0 Å². The molecule has 102 valence electrons. The average Bonchev–Trinajstić information content (AvgIpc) is 2.75. The summed E-state index contributed by atoms with van der Waals surface area (Å²) in [7, 11) is 0. The third kappa shape index (κ3) is 4.14. The van der Waals surface area contributed by atoms with Crippen LogP contribution in [0, 0.1) is 0 Å². The molecule has 0 saturated carbocycles. The van der Waals surface area contributed by atoms with Gasteiger partial charge in [-0.3, -0.25) is 9.48 Å². The smallest absolute Gasteiger partial charge is 0.254 e. The number of aromatic nitrogens is 2. The molecule has 5 heteroatoms. The summed E-state index contributed by atoms with van der Waals surface area (Å²) in [5.41, 5.74) is 0.383. The Morgan fingerprint density at radius 3 is 2.72 bits per heavy atom. The van der Waals surface area contributed by atoms with Crippen LogP contribution in [0.4, 0.5) is 0 Å². The zero-order valence-electron chi connectivity index (χ0n) is 11.6. The maximum Gasteiger partial charge on any atom is 0.254 e. The maximum atomic E-state index is 11.8. The van der Waals surface area contributed by atoms with Crippen molar-refractivity contribution in [2.45, 2.75) is 52.2 Å². The molecule has 18 heavy (non-hydrogen) atoms. The highest BCUT2D eigenvalue weighted by Crippen LogP contribution is 2.13. The van der Waals surface area contributed by atoms with E-state index >= 15 is 0 Å². The number of carbonyl (C=O) groups is 1. The molecule has 0 aliphatic rings. The molecule has 0 aromatic carbocycles. The van der Waals surface area contributed by atoms with Gasteiger partial charge in [-0.1, -0.05) is 13.3 Å². The summed E-state index contributed by atoms with van der Waals surface area (Å²) in [4.78, 5) is 11.8. The Kier molecular flexibility index (Phi) is 4.90. The molecular formula is C13H23N3O2. The van der Waals surface area contributed by atoms with Gasteiger partial charge in [0.05, 0.1) is 23.4 Å². The first kappa shape index (κ1) is 14.7. The SMILES string of the molecule is CCCC(O)CNC(=O)c1cnn(C(C)(C)C)c1. The minimum absolute atomic E-state index is 0.139. The monoisotopic (exact) mass is 253 g/mol. The lowest BCUT2D eigenvalue weighted by atomic mass is 10.1. The number of aliphatic hydroxyl groups excluding tert-OH is 1. The van der Waals surface area contributed by atoms with E-state index in [1.54, 1.807) is 17.1 Å². The Labute approximate surface area is 108 Å². The van der Waals surface area contributed by atoms with E-state index in [0.29, 0.717) is 12.0 Å². The van der Waals surface area contributed by atoms with E-state index in [9.17, 15) is 9.90 Å². The van der Waals surface area contributed by atoms with Crippen LogP contribution in [0.3, 0.4) is 0 Å². The molecule has 0 radical (unpaired) electrons. The second kappa shape index (κ2) is 6.00. The van der Waals surface area contributed by atoms with Gasteiger partial charge in [-0.15, -0.1) is 0 Å². The molecule has 0 bridgehead atoms. The van der Waals surface area contributed by atoms with Crippen molar-refractivity contribution in [1.82, 2.24) is 15.1 Å². The summed E-state index contributed by atoms with van der Waals surface area (Å²) in [5, 5.41) is 16.4. The van der Waals surface area contributed by atoms with E-state index in [4.69, 9.17) is 0 Å². The van der Waals surface area contributed by atoms with Gasteiger partial charge in [-0.25, -0.2) is 0 Å². The minimum Gasteiger partial charge on any atom is -0.391 e. The fraction of sp³-hybridized carbons (Fsp3) is 0.692. The lowest BCUT2D eigenvalue weighted by molar-refractivity contribution is 0.0910. The lowest BCUT2D eigenvalue weighted by Crippen LogP contribution is -2.31. The van der Waals surface area contributed by atoms with Crippen molar-refractivity contribution >= 4 is 5.91 Å². The summed E-state index contributed by atoms with van der Waals surface area (Å²) in [6.07, 6.45) is 4.39. The summed E-state index contributed by atoms with van der Waals surface area (Å²) in [5.74, 6) is -0.194. The molecule has 1 aromatic rings. The number of nitrogens with zero attached hydrogens (tertiary/aromatic N) is 2. The van der Waals surface area contributed by atoms with E-state index in [1.165, 1.54) is 0 Å². The van der Waals surface area contributed by atoms with Gasteiger partial charge in [-0.2, -0.15) is 5.10 Å². The van der Waals surface area contributed by atoms with Gasteiger partial charge in [0, 0.05) is 12.7 Å². The largest absolute Gasteiger partial charge is 0.391 e. The molecule has 0 saturated heterocycles. The number of aliphatic hydroxyl groups is 1. The van der Waals surface area contributed by atoms with Crippen molar-refractivity contribution in [3.05, 3.63) is 18.0 Å². The molecule has 0 aliphatic heterocycles. The van der Waals surface area contributed by atoms with Crippen LogP contribution in [0.2, 0.25) is 0 Å². The first-order valence-corrected chi connectivity index (χ1v) is 6.36. The van der Waals surface area contributed by atoms with Crippen LogP contribution in [0.1, 0.15) is 50.9 Å². The van der Waals surface area contributed by atoms with Crippen LogP contribution < -0.4 is 5.32 Å². The van der Waals surface area contributed by atoms with Crippen LogP contribution >= 0.6 is 0 Å². The number of rotatable bonds is 5. The van der Waals surface area contributed by atoms with Crippen molar-refractivity contribution in [2.24, 2.45) is 0 Å². The molecule has 1 amide bonds. The van der Waals surface area contributed by atoms with Gasteiger partial charge in [0.2, 0.25) is 0 Å². The molecule has 0 aliphatic carbocycles. The number of nitrogens with one attached hydrogen (secondary N) is 1. The van der Waals surface area contributed by atoms with E-state index < -0.39 is 6.10 Å². The molecule has 0 fully saturated rings. The summed E-state index contributed by atoms with van der Waals surface area (Å²) in [6, 6.07) is 0. The molecule has 1 aromatic heterocycles. The fourth-order valence-electron chi connectivity index (χ4n) is 1.55. The molecule has 5 nitrogen and oxygen atoms in total. The number of hydrogen-bond donors (Lipinski definition) is 2. The van der Waals surface area contributed by atoms with Crippen LogP contribution in [-0.4, -0.2) is 33.4 Å². The van der Waals surface area contributed by atoms with Crippen molar-refractivity contribution in [3.63, 3.8) is 0 Å². The highest BCUT2D eigenvalue weighted by Gasteiger charge is 2.17. The van der Waals surface area contributed by atoms with Crippen molar-refractivity contribution in [2.75, 3.05) is 6.54 Å². The van der Waals surface area contributed by atoms with Gasteiger partial charge in [0.15, 0.2) is 0 Å². The van der Waals surface area contributed by atoms with E-state index in [2.05, 4.69) is 10.4 Å². The van der Waals surface area contributed by atoms with Gasteiger partial charge in [0.25, 0.3) is 5.91 Å². The Hall–Kier alpha value is -1.36. The molecule has 1 atom stereocenters. The van der Waals surface area contributed by atoms with Gasteiger partial charge in [-0.05, 0) is 27.2 Å². The molecule has 0 spiro atoms. The van der Waals surface area contributed by atoms with Crippen molar-refractivity contribution < 1.29 is 9.90 Å². The Morgan fingerprint density at radius 2 is 2.22 bits per heavy atom. The third-order valence-electron chi connectivity index (χ3n) is 2.65. The molecule has 1 rings (SSSR count). The van der Waals surface area contributed by atoms with Crippen LogP contribution in [0.5, 0.6) is 0 Å². The average molecular weight is 253 g/mol. The summed E-state index contributed by atoms with van der Waals surface area (Å²) >= 11 is 0. The molecule has 1 unspecified atom stereocenters. The first-order chi connectivity index (χ1) is 8.34. The topological polar surface area (TPSA) is 67.2 Å². The summed E-state index contributed by atoms with van der Waals surface area (Å²) in [6.45, 7) is 8.35. The predicted octanol–water partition coefficient (Wildman–Crippen LogP) is 1.53. The van der Waals surface area contributed by atoms with Gasteiger partial charge >= 0.3 is 0 Å². The third-order valence-corrected chi connectivity index (χ3v) is 2.65.